The van der Waals surface area contributed by atoms with Crippen LogP contribution >= 0.6 is 24.0 Å². The fraction of sp³-hybridized carbons (Fsp3) is 0.435. The van der Waals surface area contributed by atoms with Crippen molar-refractivity contribution >= 4 is 35.6 Å². The van der Waals surface area contributed by atoms with E-state index in [0.29, 0.717) is 42.1 Å². The van der Waals surface area contributed by atoms with Crippen LogP contribution in [-0.2, 0) is 0 Å². The minimum atomic E-state index is 0. The number of nitrogens with zero attached hydrogens (tertiary/aromatic N) is 2. The lowest BCUT2D eigenvalue weighted by Crippen LogP contribution is -2.38. The van der Waals surface area contributed by atoms with Crippen molar-refractivity contribution in [2.75, 3.05) is 60.9 Å². The van der Waals surface area contributed by atoms with Crippen molar-refractivity contribution in [2.24, 2.45) is 4.99 Å². The Labute approximate surface area is 208 Å². The largest absolute Gasteiger partial charge is 0.493 e. The summed E-state index contributed by atoms with van der Waals surface area (Å²) in [6.45, 7) is 3.13. The van der Waals surface area contributed by atoms with Gasteiger partial charge < -0.3 is 34.5 Å². The van der Waals surface area contributed by atoms with Crippen LogP contribution in [0.15, 0.2) is 41.4 Å². The Morgan fingerprint density at radius 2 is 1.56 bits per heavy atom. The topological polar surface area (TPSA) is 76.6 Å². The fourth-order valence-corrected chi connectivity index (χ4v) is 3.19. The van der Waals surface area contributed by atoms with E-state index in [2.05, 4.69) is 20.5 Å². The van der Waals surface area contributed by atoms with Crippen molar-refractivity contribution in [3.05, 3.63) is 42.0 Å². The molecule has 1 unspecified atom stereocenters. The molecule has 0 radical (unpaired) electrons. The Balaban J connectivity index is 0.00000512. The standard InChI is InChI=1S/C23H34N4O4.HI/c1-8-31-22-14-17(10-12-20(22)29-6)26-23(24-2)25-15-18(27(3)4)16-9-11-19(28-5)21(13-16)30-7;/h9-14,18H,8,15H2,1-7H3,(H2,24,25,26);1H. The summed E-state index contributed by atoms with van der Waals surface area (Å²) in [6, 6.07) is 11.7. The average Bonchev–Trinajstić information content (AvgIpc) is 2.78. The second-order valence-corrected chi connectivity index (χ2v) is 6.97. The van der Waals surface area contributed by atoms with Crippen molar-refractivity contribution in [1.82, 2.24) is 10.2 Å². The quantitative estimate of drug-likeness (QED) is 0.259. The fourth-order valence-electron chi connectivity index (χ4n) is 3.19. The number of methoxy groups -OCH3 is 3. The van der Waals surface area contributed by atoms with Gasteiger partial charge in [0.2, 0.25) is 0 Å². The number of likely N-dealkylation sites (N-methyl/N-ethyl adjacent to an activating group) is 1. The first-order valence-corrected chi connectivity index (χ1v) is 10.1. The molecule has 0 aliphatic carbocycles. The lowest BCUT2D eigenvalue weighted by Gasteiger charge is -2.26. The molecule has 0 fully saturated rings. The third kappa shape index (κ3) is 7.33. The van der Waals surface area contributed by atoms with Gasteiger partial charge in [0, 0.05) is 25.3 Å². The molecule has 0 aliphatic heterocycles. The van der Waals surface area contributed by atoms with Crippen molar-refractivity contribution in [2.45, 2.75) is 13.0 Å². The van der Waals surface area contributed by atoms with Crippen LogP contribution in [0.3, 0.4) is 0 Å². The number of ether oxygens (including phenoxy) is 4. The average molecular weight is 558 g/mol. The molecule has 178 valence electrons. The molecule has 0 aliphatic rings. The molecule has 0 heterocycles. The highest BCUT2D eigenvalue weighted by atomic mass is 127. The molecule has 32 heavy (non-hydrogen) atoms. The van der Waals surface area contributed by atoms with E-state index in [0.717, 1.165) is 11.3 Å². The number of aliphatic imine (C=N–C) groups is 1. The maximum absolute atomic E-state index is 5.66. The monoisotopic (exact) mass is 558 g/mol. The molecule has 2 N–H and O–H groups in total. The van der Waals surface area contributed by atoms with Crippen LogP contribution in [0.5, 0.6) is 23.0 Å². The van der Waals surface area contributed by atoms with Gasteiger partial charge in [-0.05, 0) is 50.8 Å². The van der Waals surface area contributed by atoms with Gasteiger partial charge in [0.1, 0.15) is 0 Å². The maximum atomic E-state index is 5.66. The summed E-state index contributed by atoms with van der Waals surface area (Å²) in [5.41, 5.74) is 1.96. The summed E-state index contributed by atoms with van der Waals surface area (Å²) in [4.78, 5) is 6.49. The number of benzene rings is 2. The molecule has 1 atom stereocenters. The van der Waals surface area contributed by atoms with E-state index >= 15 is 0 Å². The van der Waals surface area contributed by atoms with E-state index in [-0.39, 0.29) is 30.0 Å². The van der Waals surface area contributed by atoms with Gasteiger partial charge in [-0.3, -0.25) is 4.99 Å². The predicted octanol–water partition coefficient (Wildman–Crippen LogP) is 4.02. The van der Waals surface area contributed by atoms with E-state index in [9.17, 15) is 0 Å². The highest BCUT2D eigenvalue weighted by Gasteiger charge is 2.17. The van der Waals surface area contributed by atoms with Crippen molar-refractivity contribution in [3.8, 4) is 23.0 Å². The Hall–Kier alpha value is -2.40. The third-order valence-electron chi connectivity index (χ3n) is 4.83. The summed E-state index contributed by atoms with van der Waals surface area (Å²) in [5.74, 6) is 3.44. The summed E-state index contributed by atoms with van der Waals surface area (Å²) in [7, 11) is 10.7. The van der Waals surface area contributed by atoms with E-state index < -0.39 is 0 Å². The summed E-state index contributed by atoms with van der Waals surface area (Å²) in [5, 5.41) is 6.70. The zero-order chi connectivity index (χ0) is 22.8. The summed E-state index contributed by atoms with van der Waals surface area (Å²) >= 11 is 0. The van der Waals surface area contributed by atoms with Gasteiger partial charge in [0.25, 0.3) is 0 Å². The van der Waals surface area contributed by atoms with Gasteiger partial charge in [-0.15, -0.1) is 24.0 Å². The van der Waals surface area contributed by atoms with Gasteiger partial charge in [-0.25, -0.2) is 0 Å². The second-order valence-electron chi connectivity index (χ2n) is 6.97. The lowest BCUT2D eigenvalue weighted by atomic mass is 10.1. The maximum Gasteiger partial charge on any atom is 0.195 e. The molecule has 8 nitrogen and oxygen atoms in total. The third-order valence-corrected chi connectivity index (χ3v) is 4.83. The zero-order valence-corrected chi connectivity index (χ0v) is 22.2. The van der Waals surface area contributed by atoms with E-state index in [4.69, 9.17) is 18.9 Å². The minimum absolute atomic E-state index is 0. The predicted molar refractivity (Wildman–Crippen MR) is 141 cm³/mol. The first kappa shape index (κ1) is 27.6. The van der Waals surface area contributed by atoms with Crippen molar-refractivity contribution in [3.63, 3.8) is 0 Å². The number of halogens is 1. The second kappa shape index (κ2) is 13.9. The van der Waals surface area contributed by atoms with Gasteiger partial charge in [-0.1, -0.05) is 6.07 Å². The highest BCUT2D eigenvalue weighted by Crippen LogP contribution is 2.32. The van der Waals surface area contributed by atoms with Gasteiger partial charge >= 0.3 is 0 Å². The van der Waals surface area contributed by atoms with Crippen molar-refractivity contribution < 1.29 is 18.9 Å². The van der Waals surface area contributed by atoms with Crippen LogP contribution in [-0.4, -0.2) is 66.5 Å². The van der Waals surface area contributed by atoms with Crippen LogP contribution < -0.4 is 29.6 Å². The minimum Gasteiger partial charge on any atom is -0.493 e. The summed E-state index contributed by atoms with van der Waals surface area (Å²) in [6.07, 6.45) is 0. The van der Waals surface area contributed by atoms with E-state index in [1.807, 2.05) is 57.4 Å². The highest BCUT2D eigenvalue weighted by molar-refractivity contribution is 14.0. The van der Waals surface area contributed by atoms with E-state index in [1.54, 1.807) is 28.4 Å². The van der Waals surface area contributed by atoms with Gasteiger partial charge in [0.15, 0.2) is 29.0 Å². The molecule has 0 bridgehead atoms. The lowest BCUT2D eigenvalue weighted by molar-refractivity contribution is 0.296. The SMILES string of the molecule is CCOc1cc(NC(=NC)NCC(c2ccc(OC)c(OC)c2)N(C)C)ccc1OC.I. The number of nitrogens with one attached hydrogen (secondary N) is 2. The smallest absolute Gasteiger partial charge is 0.195 e. The Bertz CT molecular complexity index is 877. The zero-order valence-electron chi connectivity index (χ0n) is 19.9. The van der Waals surface area contributed by atoms with Crippen molar-refractivity contribution in [1.29, 1.82) is 0 Å². The van der Waals surface area contributed by atoms with Crippen LogP contribution in [0.25, 0.3) is 0 Å². The molecule has 0 saturated carbocycles. The molecule has 2 rings (SSSR count). The van der Waals surface area contributed by atoms with Crippen LogP contribution in [0.4, 0.5) is 5.69 Å². The Morgan fingerprint density at radius 1 is 0.938 bits per heavy atom. The van der Waals surface area contributed by atoms with Gasteiger partial charge in [-0.2, -0.15) is 0 Å². The normalized spacial score (nSPS) is 11.9. The number of guanidine groups is 1. The Kier molecular flexibility index (Phi) is 12.0. The molecule has 2 aromatic carbocycles. The van der Waals surface area contributed by atoms with Gasteiger partial charge in [0.05, 0.1) is 34.0 Å². The molecule has 0 spiro atoms. The number of anilines is 1. The number of hydrogen-bond acceptors (Lipinski definition) is 6. The Morgan fingerprint density at radius 3 is 2.12 bits per heavy atom. The molecule has 9 heteroatoms. The molecular weight excluding hydrogens is 523 g/mol. The molecule has 2 aromatic rings. The molecule has 0 amide bonds. The number of rotatable bonds is 10. The van der Waals surface area contributed by atoms with Crippen LogP contribution in [0.1, 0.15) is 18.5 Å². The molecular formula is C23H35IN4O4. The van der Waals surface area contributed by atoms with Crippen LogP contribution in [0, 0.1) is 0 Å². The van der Waals surface area contributed by atoms with Crippen LogP contribution in [0.2, 0.25) is 0 Å². The molecule has 0 aromatic heterocycles. The van der Waals surface area contributed by atoms with E-state index in [1.165, 1.54) is 0 Å². The molecule has 0 saturated heterocycles. The number of hydrogen-bond donors (Lipinski definition) is 2. The first-order chi connectivity index (χ1) is 15.0. The first-order valence-electron chi connectivity index (χ1n) is 10.1. The summed E-state index contributed by atoms with van der Waals surface area (Å²) < 4.78 is 21.8.